The molecule has 2 N–H and O–H groups in total. The van der Waals surface area contributed by atoms with E-state index in [4.69, 9.17) is 9.47 Å². The van der Waals surface area contributed by atoms with Gasteiger partial charge in [0.15, 0.2) is 6.61 Å². The lowest BCUT2D eigenvalue weighted by Crippen LogP contribution is -2.49. The molecule has 0 radical (unpaired) electrons. The van der Waals surface area contributed by atoms with E-state index >= 15 is 0 Å². The highest BCUT2D eigenvalue weighted by Crippen LogP contribution is 2.29. The van der Waals surface area contributed by atoms with E-state index < -0.39 is 5.54 Å². The Kier molecular flexibility index (Phi) is 7.12. The minimum atomic E-state index is -0.487. The number of fused-ring (bicyclic) bond motifs is 3. The molecule has 4 rings (SSSR count). The molecule has 0 aliphatic heterocycles. The number of carbonyl (C=O) groups is 1. The number of nitrogens with one attached hydrogen (secondary N) is 2. The number of amides is 1. The maximum atomic E-state index is 12.4. The average Bonchev–Trinajstić information content (AvgIpc) is 3.20. The smallest absolute Gasteiger partial charge is 0.258 e. The first-order valence-corrected chi connectivity index (χ1v) is 12.0. The number of hydrogen-bond acceptors (Lipinski definition) is 5. The number of benzene rings is 1. The zero-order chi connectivity index (χ0) is 25.1. The monoisotopic (exact) mass is 472 g/mol. The van der Waals surface area contributed by atoms with Gasteiger partial charge in [0.2, 0.25) is 5.88 Å². The number of pyridine rings is 2. The highest BCUT2D eigenvalue weighted by atomic mass is 16.5. The molecule has 0 aliphatic rings. The lowest BCUT2D eigenvalue weighted by Gasteiger charge is -2.29. The van der Waals surface area contributed by atoms with Crippen LogP contribution in [0.15, 0.2) is 55.0 Å². The van der Waals surface area contributed by atoms with Crippen molar-refractivity contribution in [2.24, 2.45) is 5.41 Å². The molecule has 0 saturated heterocycles. The first-order chi connectivity index (χ1) is 16.7. The molecule has 1 amide bonds. The molecule has 0 bridgehead atoms. The van der Waals surface area contributed by atoms with E-state index in [0.717, 1.165) is 39.3 Å². The van der Waals surface area contributed by atoms with Crippen molar-refractivity contribution < 1.29 is 14.3 Å². The van der Waals surface area contributed by atoms with Gasteiger partial charge >= 0.3 is 0 Å². The molecule has 182 valence electrons. The number of ether oxygens (including phenoxy) is 2. The number of rotatable bonds is 10. The second-order valence-corrected chi connectivity index (χ2v) is 10.4. The van der Waals surface area contributed by atoms with Crippen molar-refractivity contribution >= 4 is 35.6 Å². The molecule has 0 unspecified atom stereocenters. The Morgan fingerprint density at radius 3 is 2.54 bits per heavy atom. The fourth-order valence-corrected chi connectivity index (χ4v) is 3.84. The van der Waals surface area contributed by atoms with Crippen molar-refractivity contribution in [1.82, 2.24) is 20.3 Å². The Hall–Kier alpha value is -3.39. The Labute approximate surface area is 207 Å². The molecule has 0 spiro atoms. The van der Waals surface area contributed by atoms with Crippen LogP contribution in [0, 0.1) is 5.41 Å². The van der Waals surface area contributed by atoms with Crippen LogP contribution < -0.4 is 10.1 Å². The third kappa shape index (κ3) is 6.19. The molecular formula is C27H33BN4O3. The molecule has 3 heterocycles. The molecule has 1 aromatic carbocycles. The summed E-state index contributed by atoms with van der Waals surface area (Å²) in [6.45, 7) is 9.21. The van der Waals surface area contributed by atoms with Gasteiger partial charge in [-0.25, -0.2) is 4.98 Å². The van der Waals surface area contributed by atoms with E-state index in [1.165, 1.54) is 0 Å². The molecule has 4 aromatic rings. The van der Waals surface area contributed by atoms with Gasteiger partial charge in [-0.3, -0.25) is 9.78 Å². The maximum absolute atomic E-state index is 12.4. The topological polar surface area (TPSA) is 89.1 Å². The van der Waals surface area contributed by atoms with Gasteiger partial charge < -0.3 is 19.8 Å². The van der Waals surface area contributed by atoms with Gasteiger partial charge in [0.1, 0.15) is 7.85 Å². The van der Waals surface area contributed by atoms with Crippen LogP contribution in [0.4, 0.5) is 0 Å². The summed E-state index contributed by atoms with van der Waals surface area (Å²) < 4.78 is 11.5. The van der Waals surface area contributed by atoms with Crippen molar-refractivity contribution in [3.8, 4) is 17.0 Å². The standard InChI is InChI=1S/C27H33BN4O3/c1-26(2,15-28)16-34-17-27(3,4)32-24(33)14-35-25-8-6-19(12-30-25)18-5-7-20-21-13-29-10-9-22(21)31-23(20)11-18/h5-13,31H,14-17,28H2,1-4H3,(H,32,33). The Balaban J connectivity index is 1.32. The summed E-state index contributed by atoms with van der Waals surface area (Å²) in [7, 11) is 2.15. The van der Waals surface area contributed by atoms with Gasteiger partial charge in [-0.15, -0.1) is 0 Å². The summed E-state index contributed by atoms with van der Waals surface area (Å²) in [5, 5.41) is 5.21. The Morgan fingerprint density at radius 1 is 1.00 bits per heavy atom. The van der Waals surface area contributed by atoms with Gasteiger partial charge in [0, 0.05) is 52.0 Å². The van der Waals surface area contributed by atoms with Crippen LogP contribution in [0.5, 0.6) is 5.88 Å². The number of hydrogen-bond donors (Lipinski definition) is 2. The van der Waals surface area contributed by atoms with Crippen molar-refractivity contribution in [1.29, 1.82) is 0 Å². The van der Waals surface area contributed by atoms with Crippen LogP contribution >= 0.6 is 0 Å². The molecule has 0 atom stereocenters. The quantitative estimate of drug-likeness (QED) is 0.339. The van der Waals surface area contributed by atoms with Crippen molar-refractivity contribution in [2.75, 3.05) is 19.8 Å². The van der Waals surface area contributed by atoms with Crippen molar-refractivity contribution in [3.63, 3.8) is 0 Å². The predicted molar refractivity (Wildman–Crippen MR) is 142 cm³/mol. The number of H-pyrrole nitrogens is 1. The summed E-state index contributed by atoms with van der Waals surface area (Å²) in [6.07, 6.45) is 6.45. The molecule has 0 saturated carbocycles. The zero-order valence-electron chi connectivity index (χ0n) is 21.1. The van der Waals surface area contributed by atoms with Gasteiger partial charge in [-0.2, -0.15) is 0 Å². The minimum absolute atomic E-state index is 0.106. The second kappa shape index (κ2) is 10.1. The predicted octanol–water partition coefficient (Wildman–Crippen LogP) is 4.15. The highest BCUT2D eigenvalue weighted by molar-refractivity contribution is 6.09. The van der Waals surface area contributed by atoms with Crippen LogP contribution in [0.3, 0.4) is 0 Å². The lowest BCUT2D eigenvalue weighted by molar-refractivity contribution is -0.125. The molecule has 3 aromatic heterocycles. The third-order valence-corrected chi connectivity index (χ3v) is 6.21. The van der Waals surface area contributed by atoms with E-state index in [2.05, 4.69) is 60.2 Å². The van der Waals surface area contributed by atoms with Crippen molar-refractivity contribution in [3.05, 3.63) is 55.0 Å². The number of nitrogens with zero attached hydrogens (tertiary/aromatic N) is 2. The van der Waals surface area contributed by atoms with Gasteiger partial charge in [-0.05, 0) is 43.0 Å². The van der Waals surface area contributed by atoms with Gasteiger partial charge in [0.05, 0.1) is 18.8 Å². The second-order valence-electron chi connectivity index (χ2n) is 10.4. The Morgan fingerprint density at radius 2 is 1.80 bits per heavy atom. The van der Waals surface area contributed by atoms with E-state index in [9.17, 15) is 4.79 Å². The van der Waals surface area contributed by atoms with Crippen molar-refractivity contribution in [2.45, 2.75) is 39.6 Å². The summed E-state index contributed by atoms with van der Waals surface area (Å²) in [5.41, 5.74) is 3.76. The molecular weight excluding hydrogens is 439 g/mol. The van der Waals surface area contributed by atoms with E-state index in [-0.39, 0.29) is 17.9 Å². The van der Waals surface area contributed by atoms with Crippen LogP contribution in [0.25, 0.3) is 32.9 Å². The first-order valence-electron chi connectivity index (χ1n) is 12.0. The molecule has 35 heavy (non-hydrogen) atoms. The number of aromatic nitrogens is 3. The highest BCUT2D eigenvalue weighted by Gasteiger charge is 2.23. The summed E-state index contributed by atoms with van der Waals surface area (Å²) in [5.74, 6) is 0.193. The van der Waals surface area contributed by atoms with E-state index in [1.54, 1.807) is 18.5 Å². The van der Waals surface area contributed by atoms with Gasteiger partial charge in [-0.1, -0.05) is 32.3 Å². The summed E-state index contributed by atoms with van der Waals surface area (Å²) in [6, 6.07) is 12.0. The largest absolute Gasteiger partial charge is 0.468 e. The average molecular weight is 472 g/mol. The molecule has 8 heteroatoms. The number of carbonyl (C=O) groups excluding carboxylic acids is 1. The zero-order valence-corrected chi connectivity index (χ0v) is 21.1. The first kappa shape index (κ1) is 24.7. The van der Waals surface area contributed by atoms with Crippen LogP contribution in [-0.2, 0) is 9.53 Å². The molecule has 7 nitrogen and oxygen atoms in total. The Bertz CT molecular complexity index is 1320. The number of aromatic amines is 1. The van der Waals surface area contributed by atoms with Crippen LogP contribution in [-0.4, -0.2) is 54.1 Å². The van der Waals surface area contributed by atoms with Crippen LogP contribution in [0.1, 0.15) is 27.7 Å². The fourth-order valence-electron chi connectivity index (χ4n) is 3.84. The van der Waals surface area contributed by atoms with E-state index in [0.29, 0.717) is 19.1 Å². The minimum Gasteiger partial charge on any atom is -0.468 e. The van der Waals surface area contributed by atoms with Gasteiger partial charge in [0.25, 0.3) is 5.91 Å². The SMILES string of the molecule is BCC(C)(C)COCC(C)(C)NC(=O)COc1ccc(-c2ccc3c(c2)[nH]c2ccncc23)cn1. The maximum Gasteiger partial charge on any atom is 0.258 e. The van der Waals surface area contributed by atoms with E-state index in [1.807, 2.05) is 32.2 Å². The molecule has 0 aliphatic carbocycles. The summed E-state index contributed by atoms with van der Waals surface area (Å²) in [4.78, 5) is 24.4. The normalized spacial score (nSPS) is 12.2. The lowest BCUT2D eigenvalue weighted by atomic mass is 9.80. The fraction of sp³-hybridized carbons (Fsp3) is 0.370. The molecule has 0 fully saturated rings. The third-order valence-electron chi connectivity index (χ3n) is 6.21. The summed E-state index contributed by atoms with van der Waals surface area (Å²) >= 11 is 0. The van der Waals surface area contributed by atoms with Crippen LogP contribution in [0.2, 0.25) is 6.32 Å².